The third-order valence-corrected chi connectivity index (χ3v) is 6.14. The van der Waals surface area contributed by atoms with Gasteiger partial charge in [-0.05, 0) is 25.0 Å². The number of hydrogen-bond acceptors (Lipinski definition) is 6. The zero-order valence-corrected chi connectivity index (χ0v) is 18.2. The average Bonchev–Trinajstić information content (AvgIpc) is 3.21. The first-order valence-corrected chi connectivity index (χ1v) is 10.8. The summed E-state index contributed by atoms with van der Waals surface area (Å²) in [4.78, 5) is 14.0. The van der Waals surface area contributed by atoms with Gasteiger partial charge in [-0.3, -0.25) is 14.2 Å². The maximum Gasteiger partial charge on any atom is 0.219 e. The molecule has 1 amide bonds. The molecule has 5 rings (SSSR count). The number of nitrogens with zero attached hydrogens (tertiary/aromatic N) is 6. The smallest absolute Gasteiger partial charge is 0.219 e. The van der Waals surface area contributed by atoms with Gasteiger partial charge in [0.2, 0.25) is 5.91 Å². The van der Waals surface area contributed by atoms with Crippen LogP contribution in [-0.4, -0.2) is 50.1 Å². The van der Waals surface area contributed by atoms with E-state index in [9.17, 15) is 10.1 Å². The Morgan fingerprint density at radius 3 is 2.84 bits per heavy atom. The molecule has 1 fully saturated rings. The molecule has 4 heterocycles. The van der Waals surface area contributed by atoms with Crippen molar-refractivity contribution < 1.29 is 9.53 Å². The highest BCUT2D eigenvalue weighted by molar-refractivity contribution is 5.75. The predicted octanol–water partition coefficient (Wildman–Crippen LogP) is 2.76. The van der Waals surface area contributed by atoms with Crippen LogP contribution in [0.2, 0.25) is 0 Å². The van der Waals surface area contributed by atoms with E-state index in [1.54, 1.807) is 17.8 Å². The van der Waals surface area contributed by atoms with Crippen molar-refractivity contribution in [2.45, 2.75) is 32.4 Å². The van der Waals surface area contributed by atoms with E-state index in [-0.39, 0.29) is 11.9 Å². The maximum atomic E-state index is 12.1. The van der Waals surface area contributed by atoms with Crippen LogP contribution in [0.25, 0.3) is 11.1 Å². The number of amides is 1. The van der Waals surface area contributed by atoms with Crippen molar-refractivity contribution in [1.82, 2.24) is 24.5 Å². The minimum atomic E-state index is 0.0658. The number of nitriles is 1. The first-order chi connectivity index (χ1) is 15.5. The van der Waals surface area contributed by atoms with Crippen LogP contribution in [-0.2, 0) is 29.5 Å². The highest BCUT2D eigenvalue weighted by atomic mass is 16.5. The SMILES string of the molecule is CC(=O)N1CCCc2c(c(Nc3ccc(-c4cnn(C)c4)c(C#N)c3)nn2C2COC2)C1. The number of aromatic nitrogens is 4. The van der Waals surface area contributed by atoms with Crippen LogP contribution >= 0.6 is 0 Å². The summed E-state index contributed by atoms with van der Waals surface area (Å²) in [5.41, 5.74) is 5.29. The Hall–Kier alpha value is -3.64. The predicted molar refractivity (Wildman–Crippen MR) is 118 cm³/mol. The second kappa shape index (κ2) is 8.13. The van der Waals surface area contributed by atoms with Gasteiger partial charge < -0.3 is 15.0 Å². The van der Waals surface area contributed by atoms with E-state index in [2.05, 4.69) is 21.2 Å². The van der Waals surface area contributed by atoms with E-state index in [0.29, 0.717) is 25.3 Å². The first kappa shape index (κ1) is 20.3. The summed E-state index contributed by atoms with van der Waals surface area (Å²) < 4.78 is 9.18. The average molecular weight is 432 g/mol. The second-order valence-electron chi connectivity index (χ2n) is 8.35. The van der Waals surface area contributed by atoms with E-state index < -0.39 is 0 Å². The second-order valence-corrected chi connectivity index (χ2v) is 8.35. The summed E-state index contributed by atoms with van der Waals surface area (Å²) in [6, 6.07) is 8.22. The lowest BCUT2D eigenvalue weighted by molar-refractivity contribution is -0.129. The maximum absolute atomic E-state index is 12.1. The molecule has 32 heavy (non-hydrogen) atoms. The molecule has 1 saturated heterocycles. The lowest BCUT2D eigenvalue weighted by Gasteiger charge is -2.27. The standard InChI is InChI=1S/C23H25N7O2/c1-15(31)29-7-3-4-22-21(12-29)23(27-30(22)19-13-32-14-19)26-18-5-6-20(16(8-18)9-24)17-10-25-28(2)11-17/h5-6,8,10-11,19H,3-4,7,12-14H2,1-2H3,(H,26,27). The third kappa shape index (κ3) is 3.63. The molecule has 1 N–H and O–H groups in total. The lowest BCUT2D eigenvalue weighted by atomic mass is 10.0. The molecular weight excluding hydrogens is 406 g/mol. The van der Waals surface area contributed by atoms with Gasteiger partial charge in [0, 0.05) is 54.8 Å². The van der Waals surface area contributed by atoms with Gasteiger partial charge in [0.05, 0.1) is 43.6 Å². The fourth-order valence-corrected chi connectivity index (χ4v) is 4.34. The van der Waals surface area contributed by atoms with Crippen LogP contribution in [0.4, 0.5) is 11.5 Å². The quantitative estimate of drug-likeness (QED) is 0.682. The van der Waals surface area contributed by atoms with Crippen molar-refractivity contribution in [3.05, 3.63) is 47.4 Å². The molecule has 0 bridgehead atoms. The molecule has 9 heteroatoms. The highest BCUT2D eigenvalue weighted by Crippen LogP contribution is 2.33. The molecule has 2 aliphatic rings. The molecule has 3 aromatic rings. The van der Waals surface area contributed by atoms with Gasteiger partial charge in [-0.25, -0.2) is 0 Å². The molecule has 164 valence electrons. The van der Waals surface area contributed by atoms with Crippen molar-refractivity contribution in [3.8, 4) is 17.2 Å². The molecule has 0 unspecified atom stereocenters. The van der Waals surface area contributed by atoms with Gasteiger partial charge in [-0.2, -0.15) is 15.5 Å². The summed E-state index contributed by atoms with van der Waals surface area (Å²) in [5.74, 6) is 0.800. The fraction of sp³-hybridized carbons (Fsp3) is 0.391. The Kier molecular flexibility index (Phi) is 5.15. The molecule has 9 nitrogen and oxygen atoms in total. The normalized spacial score (nSPS) is 16.1. The number of hydrogen-bond donors (Lipinski definition) is 1. The lowest BCUT2D eigenvalue weighted by Crippen LogP contribution is -2.32. The largest absolute Gasteiger partial charge is 0.377 e. The van der Waals surface area contributed by atoms with Gasteiger partial charge in [0.25, 0.3) is 0 Å². The van der Waals surface area contributed by atoms with Crippen LogP contribution in [0.1, 0.15) is 36.2 Å². The Morgan fingerprint density at radius 1 is 1.34 bits per heavy atom. The van der Waals surface area contributed by atoms with Gasteiger partial charge in [0.1, 0.15) is 0 Å². The first-order valence-electron chi connectivity index (χ1n) is 10.8. The number of ether oxygens (including phenoxy) is 1. The number of aryl methyl sites for hydroxylation is 1. The van der Waals surface area contributed by atoms with Gasteiger partial charge >= 0.3 is 0 Å². The zero-order chi connectivity index (χ0) is 22.2. The Morgan fingerprint density at radius 2 is 2.19 bits per heavy atom. The Balaban J connectivity index is 1.51. The summed E-state index contributed by atoms with van der Waals surface area (Å²) >= 11 is 0. The molecule has 0 radical (unpaired) electrons. The van der Waals surface area contributed by atoms with E-state index in [1.165, 1.54) is 0 Å². The van der Waals surface area contributed by atoms with Gasteiger partial charge in [-0.1, -0.05) is 6.07 Å². The zero-order valence-electron chi connectivity index (χ0n) is 18.2. The minimum absolute atomic E-state index is 0.0658. The van der Waals surface area contributed by atoms with E-state index >= 15 is 0 Å². The Bertz CT molecular complexity index is 1220. The van der Waals surface area contributed by atoms with Crippen LogP contribution in [0.5, 0.6) is 0 Å². The summed E-state index contributed by atoms with van der Waals surface area (Å²) in [6.07, 6.45) is 5.42. The van der Waals surface area contributed by atoms with Crippen molar-refractivity contribution in [1.29, 1.82) is 5.26 Å². The van der Waals surface area contributed by atoms with Crippen LogP contribution in [0, 0.1) is 11.3 Å². The molecule has 2 aliphatic heterocycles. The summed E-state index contributed by atoms with van der Waals surface area (Å²) in [5, 5.41) is 22.2. The minimum Gasteiger partial charge on any atom is -0.377 e. The summed E-state index contributed by atoms with van der Waals surface area (Å²) in [7, 11) is 1.85. The summed E-state index contributed by atoms with van der Waals surface area (Å²) in [6.45, 7) is 4.19. The number of anilines is 2. The van der Waals surface area contributed by atoms with Gasteiger partial charge in [0.15, 0.2) is 5.82 Å². The molecule has 0 atom stereocenters. The van der Waals surface area contributed by atoms with Gasteiger partial charge in [-0.15, -0.1) is 0 Å². The highest BCUT2D eigenvalue weighted by Gasteiger charge is 2.30. The van der Waals surface area contributed by atoms with Crippen LogP contribution < -0.4 is 5.32 Å². The third-order valence-electron chi connectivity index (χ3n) is 6.14. The number of nitrogens with one attached hydrogen (secondary N) is 1. The molecule has 0 spiro atoms. The Labute approximate surface area is 186 Å². The molecule has 0 aliphatic carbocycles. The van der Waals surface area contributed by atoms with Crippen molar-refractivity contribution in [2.75, 3.05) is 25.1 Å². The van der Waals surface area contributed by atoms with Crippen LogP contribution in [0.3, 0.4) is 0 Å². The molecule has 0 saturated carbocycles. The molecule has 1 aromatic carbocycles. The fourth-order valence-electron chi connectivity index (χ4n) is 4.34. The molecule has 2 aromatic heterocycles. The van der Waals surface area contributed by atoms with E-state index in [0.717, 1.165) is 53.3 Å². The number of benzene rings is 1. The number of rotatable bonds is 4. The van der Waals surface area contributed by atoms with Crippen LogP contribution in [0.15, 0.2) is 30.6 Å². The molecular formula is C23H25N7O2. The topological polar surface area (TPSA) is 101 Å². The van der Waals surface area contributed by atoms with Crippen molar-refractivity contribution >= 4 is 17.4 Å². The van der Waals surface area contributed by atoms with E-state index in [4.69, 9.17) is 9.84 Å². The van der Waals surface area contributed by atoms with Crippen molar-refractivity contribution in [3.63, 3.8) is 0 Å². The number of fused-ring (bicyclic) bond motifs is 1. The number of carbonyl (C=O) groups excluding carboxylic acids is 1. The number of carbonyl (C=O) groups is 1. The van der Waals surface area contributed by atoms with E-state index in [1.807, 2.05) is 36.3 Å². The van der Waals surface area contributed by atoms with Crippen molar-refractivity contribution in [2.24, 2.45) is 7.05 Å². The monoisotopic (exact) mass is 431 g/mol.